The van der Waals surface area contributed by atoms with E-state index < -0.39 is 12.6 Å². The van der Waals surface area contributed by atoms with Crippen molar-refractivity contribution in [3.63, 3.8) is 0 Å². The second-order valence-corrected chi connectivity index (χ2v) is 2.43. The third-order valence-corrected chi connectivity index (χ3v) is 1.20. The van der Waals surface area contributed by atoms with Crippen molar-refractivity contribution in [2.24, 2.45) is 0 Å². The zero-order valence-electron chi connectivity index (χ0n) is 6.85. The second kappa shape index (κ2) is 3.73. The molecule has 0 aromatic carbocycles. The van der Waals surface area contributed by atoms with Crippen LogP contribution in [0.3, 0.4) is 0 Å². The normalized spacial score (nSPS) is 12.0. The van der Waals surface area contributed by atoms with Gasteiger partial charge in [0.1, 0.15) is 6.42 Å². The monoisotopic (exact) mass is 195 g/mol. The summed E-state index contributed by atoms with van der Waals surface area (Å²) in [6, 6.07) is 0. The number of alkyl halides is 3. The Morgan fingerprint density at radius 3 is 2.69 bits per heavy atom. The van der Waals surface area contributed by atoms with Gasteiger partial charge in [0, 0.05) is 0 Å². The maximum absolute atomic E-state index is 11.8. The molecule has 1 rings (SSSR count). The molecule has 1 aromatic heterocycles. The molecular weight excluding hydrogens is 187 g/mol. The van der Waals surface area contributed by atoms with Crippen LogP contribution in [0.2, 0.25) is 0 Å². The predicted molar refractivity (Wildman–Crippen MR) is 36.8 cm³/mol. The minimum atomic E-state index is -4.29. The van der Waals surface area contributed by atoms with Crippen molar-refractivity contribution in [3.8, 4) is 0 Å². The maximum Gasteiger partial charge on any atom is 0.396 e. The minimum absolute atomic E-state index is 0.154. The van der Waals surface area contributed by atoms with Gasteiger partial charge in [0.25, 0.3) is 0 Å². The maximum atomic E-state index is 11.8. The van der Waals surface area contributed by atoms with Gasteiger partial charge >= 0.3 is 6.18 Å². The van der Waals surface area contributed by atoms with Gasteiger partial charge in [-0.2, -0.15) is 18.2 Å². The van der Waals surface area contributed by atoms with Crippen LogP contribution in [0, 0.1) is 0 Å². The van der Waals surface area contributed by atoms with Crippen LogP contribution in [0.15, 0.2) is 4.52 Å². The van der Waals surface area contributed by atoms with Crippen molar-refractivity contribution in [1.29, 1.82) is 0 Å². The lowest BCUT2D eigenvalue weighted by Crippen LogP contribution is -2.13. The Kier molecular flexibility index (Phi) is 2.86. The number of hydrogen-bond acceptors (Lipinski definition) is 4. The molecule has 4 nitrogen and oxygen atoms in total. The third kappa shape index (κ3) is 3.41. The van der Waals surface area contributed by atoms with Gasteiger partial charge in [-0.1, -0.05) is 5.16 Å². The van der Waals surface area contributed by atoms with Crippen molar-refractivity contribution in [2.75, 3.05) is 7.05 Å². The molecule has 0 aliphatic heterocycles. The fourth-order valence-corrected chi connectivity index (χ4v) is 0.764. The van der Waals surface area contributed by atoms with Crippen molar-refractivity contribution in [2.45, 2.75) is 19.1 Å². The molecule has 0 saturated heterocycles. The van der Waals surface area contributed by atoms with Gasteiger partial charge in [-0.25, -0.2) is 0 Å². The highest BCUT2D eigenvalue weighted by Crippen LogP contribution is 2.19. The van der Waals surface area contributed by atoms with Gasteiger partial charge < -0.3 is 9.84 Å². The lowest BCUT2D eigenvalue weighted by Gasteiger charge is -1.99. The Labute approximate surface area is 72.1 Å². The molecule has 74 valence electrons. The summed E-state index contributed by atoms with van der Waals surface area (Å²) in [5.41, 5.74) is 0. The fraction of sp³-hybridized carbons (Fsp3) is 0.667. The van der Waals surface area contributed by atoms with Gasteiger partial charge in [0.2, 0.25) is 5.89 Å². The first-order chi connectivity index (χ1) is 6.01. The quantitative estimate of drug-likeness (QED) is 0.778. The molecule has 0 radical (unpaired) electrons. The van der Waals surface area contributed by atoms with Crippen molar-refractivity contribution in [3.05, 3.63) is 11.7 Å². The molecule has 13 heavy (non-hydrogen) atoms. The van der Waals surface area contributed by atoms with E-state index in [9.17, 15) is 13.2 Å². The fourth-order valence-electron chi connectivity index (χ4n) is 0.764. The summed E-state index contributed by atoms with van der Waals surface area (Å²) in [5.74, 6) is -0.181. The van der Waals surface area contributed by atoms with Crippen LogP contribution < -0.4 is 5.32 Å². The largest absolute Gasteiger partial charge is 0.396 e. The summed E-state index contributed by atoms with van der Waals surface area (Å²) in [7, 11) is 1.63. The number of aromatic nitrogens is 2. The molecule has 0 aliphatic rings. The van der Waals surface area contributed by atoms with Gasteiger partial charge in [-0.15, -0.1) is 0 Å². The number of halogens is 3. The van der Waals surface area contributed by atoms with Gasteiger partial charge in [0.05, 0.1) is 6.54 Å². The zero-order chi connectivity index (χ0) is 9.90. The summed E-state index contributed by atoms with van der Waals surface area (Å²) in [5, 5.41) is 5.86. The number of nitrogens with zero attached hydrogens (tertiary/aromatic N) is 2. The molecule has 0 aliphatic carbocycles. The Balaban J connectivity index is 2.59. The number of rotatable bonds is 3. The molecule has 0 spiro atoms. The summed E-state index contributed by atoms with van der Waals surface area (Å²) in [6.45, 7) is 0.269. The molecule has 0 unspecified atom stereocenters. The highest BCUT2D eigenvalue weighted by molar-refractivity contribution is 4.88. The minimum Gasteiger partial charge on any atom is -0.338 e. The van der Waals surface area contributed by atoms with Crippen molar-refractivity contribution in [1.82, 2.24) is 15.5 Å². The highest BCUT2D eigenvalue weighted by Gasteiger charge is 2.30. The molecule has 0 amide bonds. The Morgan fingerprint density at radius 2 is 2.15 bits per heavy atom. The van der Waals surface area contributed by atoms with E-state index in [1.165, 1.54) is 0 Å². The lowest BCUT2D eigenvalue weighted by molar-refractivity contribution is -0.128. The molecule has 7 heteroatoms. The molecule has 0 fully saturated rings. The molecule has 0 saturated carbocycles. The summed E-state index contributed by atoms with van der Waals surface area (Å²) < 4.78 is 39.9. The van der Waals surface area contributed by atoms with E-state index in [1.807, 2.05) is 0 Å². The molecule has 1 heterocycles. The number of hydrogen-bond donors (Lipinski definition) is 1. The first-order valence-electron chi connectivity index (χ1n) is 3.54. The number of nitrogens with one attached hydrogen (secondary N) is 1. The Bertz CT molecular complexity index is 270. The van der Waals surface area contributed by atoms with E-state index in [1.54, 1.807) is 7.05 Å². The van der Waals surface area contributed by atoms with Crippen LogP contribution in [0.4, 0.5) is 13.2 Å². The van der Waals surface area contributed by atoms with E-state index in [-0.39, 0.29) is 18.3 Å². The van der Waals surface area contributed by atoms with Crippen LogP contribution in [-0.2, 0) is 13.0 Å². The molecule has 1 N–H and O–H groups in total. The summed E-state index contributed by atoms with van der Waals surface area (Å²) in [4.78, 5) is 3.53. The zero-order valence-corrected chi connectivity index (χ0v) is 6.85. The van der Waals surface area contributed by atoms with Crippen molar-refractivity contribution < 1.29 is 17.7 Å². The average molecular weight is 195 g/mol. The summed E-state index contributed by atoms with van der Waals surface area (Å²) in [6.07, 6.45) is -5.44. The topological polar surface area (TPSA) is 51.0 Å². The van der Waals surface area contributed by atoms with Gasteiger partial charge in [-0.3, -0.25) is 0 Å². The van der Waals surface area contributed by atoms with Crippen LogP contribution in [-0.4, -0.2) is 23.4 Å². The van der Waals surface area contributed by atoms with Crippen LogP contribution in [0.5, 0.6) is 0 Å². The SMILES string of the molecule is CNCc1nc(CC(F)(F)F)no1. The predicted octanol–water partition coefficient (Wildman–Crippen LogP) is 0.894. The first kappa shape index (κ1) is 9.97. The van der Waals surface area contributed by atoms with Crippen LogP contribution in [0.25, 0.3) is 0 Å². The second-order valence-electron chi connectivity index (χ2n) is 2.43. The molecular formula is C6H8F3N3O. The Hall–Kier alpha value is -1.11. The van der Waals surface area contributed by atoms with E-state index in [2.05, 4.69) is 20.0 Å². The molecule has 1 aromatic rings. The van der Waals surface area contributed by atoms with Crippen molar-refractivity contribution >= 4 is 0 Å². The van der Waals surface area contributed by atoms with Gasteiger partial charge in [-0.05, 0) is 7.05 Å². The highest BCUT2D eigenvalue weighted by atomic mass is 19.4. The first-order valence-corrected chi connectivity index (χ1v) is 3.54. The Morgan fingerprint density at radius 1 is 1.46 bits per heavy atom. The lowest BCUT2D eigenvalue weighted by atomic mass is 10.4. The summed E-state index contributed by atoms with van der Waals surface area (Å²) >= 11 is 0. The average Bonchev–Trinajstić information content (AvgIpc) is 2.33. The molecule has 0 bridgehead atoms. The van der Waals surface area contributed by atoms with E-state index >= 15 is 0 Å². The van der Waals surface area contributed by atoms with Crippen LogP contribution >= 0.6 is 0 Å². The standard InChI is InChI=1S/C6H8F3N3O/c1-10-3-5-11-4(12-13-5)2-6(7,8)9/h10H,2-3H2,1H3. The third-order valence-electron chi connectivity index (χ3n) is 1.20. The van der Waals surface area contributed by atoms with E-state index in [0.717, 1.165) is 0 Å². The van der Waals surface area contributed by atoms with Gasteiger partial charge in [0.15, 0.2) is 5.82 Å². The smallest absolute Gasteiger partial charge is 0.338 e. The van der Waals surface area contributed by atoms with E-state index in [4.69, 9.17) is 0 Å². The molecule has 0 atom stereocenters. The van der Waals surface area contributed by atoms with Crippen LogP contribution in [0.1, 0.15) is 11.7 Å². The van der Waals surface area contributed by atoms with E-state index in [0.29, 0.717) is 0 Å².